The lowest BCUT2D eigenvalue weighted by molar-refractivity contribution is 0.331. The minimum atomic E-state index is 0.213. The quantitative estimate of drug-likeness (QED) is 0.810. The molecule has 0 aliphatic carbocycles. The third kappa shape index (κ3) is 3.85. The number of hydrogen-bond acceptors (Lipinski definition) is 3. The van der Waals surface area contributed by atoms with Gasteiger partial charge >= 0.3 is 0 Å². The number of nitrogens with one attached hydrogen (secondary N) is 1. The van der Waals surface area contributed by atoms with Gasteiger partial charge in [-0.1, -0.05) is 25.1 Å². The number of rotatable bonds is 8. The van der Waals surface area contributed by atoms with Crippen molar-refractivity contribution in [1.82, 2.24) is 14.9 Å². The van der Waals surface area contributed by atoms with Crippen LogP contribution in [0.4, 0.5) is 0 Å². The van der Waals surface area contributed by atoms with Gasteiger partial charge in [-0.2, -0.15) is 0 Å². The van der Waals surface area contributed by atoms with E-state index in [-0.39, 0.29) is 6.04 Å². The summed E-state index contributed by atoms with van der Waals surface area (Å²) in [7, 11) is 0. The van der Waals surface area contributed by atoms with Gasteiger partial charge in [-0.05, 0) is 26.5 Å². The van der Waals surface area contributed by atoms with Crippen molar-refractivity contribution in [2.75, 3.05) is 13.2 Å². The molecule has 1 aromatic heterocycles. The second-order valence-electron chi connectivity index (χ2n) is 4.91. The van der Waals surface area contributed by atoms with Gasteiger partial charge in [0.15, 0.2) is 0 Å². The molecule has 114 valence electrons. The van der Waals surface area contributed by atoms with Gasteiger partial charge in [0.25, 0.3) is 0 Å². The number of nitrogens with zero attached hydrogens (tertiary/aromatic N) is 2. The molecule has 0 fully saturated rings. The lowest BCUT2D eigenvalue weighted by Gasteiger charge is -2.21. The third-order valence-electron chi connectivity index (χ3n) is 3.57. The van der Waals surface area contributed by atoms with E-state index in [1.54, 1.807) is 0 Å². The Hall–Kier alpha value is -1.81. The molecule has 0 saturated heterocycles. The summed E-state index contributed by atoms with van der Waals surface area (Å²) < 4.78 is 7.96. The van der Waals surface area contributed by atoms with Gasteiger partial charge in [0.1, 0.15) is 11.6 Å². The maximum Gasteiger partial charge on any atom is 0.124 e. The Morgan fingerprint density at radius 2 is 2.05 bits per heavy atom. The first-order valence-corrected chi connectivity index (χ1v) is 7.75. The van der Waals surface area contributed by atoms with E-state index in [1.807, 2.05) is 31.5 Å². The fourth-order valence-corrected chi connectivity index (χ4v) is 2.59. The van der Waals surface area contributed by atoms with Crippen molar-refractivity contribution in [2.24, 2.45) is 0 Å². The molecule has 1 N–H and O–H groups in total. The summed E-state index contributed by atoms with van der Waals surface area (Å²) in [6.45, 7) is 8.83. The monoisotopic (exact) mass is 287 g/mol. The van der Waals surface area contributed by atoms with Crippen molar-refractivity contribution < 1.29 is 4.74 Å². The molecule has 0 spiro atoms. The molecule has 1 heterocycles. The zero-order valence-corrected chi connectivity index (χ0v) is 13.2. The van der Waals surface area contributed by atoms with Crippen LogP contribution >= 0.6 is 0 Å². The van der Waals surface area contributed by atoms with Gasteiger partial charge in [-0.15, -0.1) is 0 Å². The molecule has 2 rings (SSSR count). The molecule has 2 aromatic rings. The Kier molecular flexibility index (Phi) is 5.81. The van der Waals surface area contributed by atoms with Crippen LogP contribution in [-0.2, 0) is 13.0 Å². The molecule has 1 aromatic carbocycles. The van der Waals surface area contributed by atoms with Crippen molar-refractivity contribution in [2.45, 2.75) is 39.8 Å². The fraction of sp³-hybridized carbons (Fsp3) is 0.471. The van der Waals surface area contributed by atoms with Gasteiger partial charge in [-0.3, -0.25) is 0 Å². The normalized spacial score (nSPS) is 12.3. The molecule has 4 heteroatoms. The first-order valence-electron chi connectivity index (χ1n) is 7.75. The Labute approximate surface area is 127 Å². The Morgan fingerprint density at radius 3 is 2.76 bits per heavy atom. The fourth-order valence-electron chi connectivity index (χ4n) is 2.59. The van der Waals surface area contributed by atoms with Gasteiger partial charge in [-0.25, -0.2) is 4.98 Å². The average molecular weight is 287 g/mol. The van der Waals surface area contributed by atoms with Crippen LogP contribution in [0.3, 0.4) is 0 Å². The molecule has 1 unspecified atom stereocenters. The third-order valence-corrected chi connectivity index (χ3v) is 3.57. The molecule has 1 atom stereocenters. The van der Waals surface area contributed by atoms with Crippen molar-refractivity contribution in [3.8, 4) is 5.75 Å². The molecular formula is C17H25N3O. The van der Waals surface area contributed by atoms with Gasteiger partial charge in [0.05, 0.1) is 6.61 Å². The van der Waals surface area contributed by atoms with Crippen LogP contribution in [0, 0.1) is 0 Å². The van der Waals surface area contributed by atoms with Gasteiger partial charge in [0, 0.05) is 37.0 Å². The largest absolute Gasteiger partial charge is 0.494 e. The maximum atomic E-state index is 5.77. The molecule has 21 heavy (non-hydrogen) atoms. The smallest absolute Gasteiger partial charge is 0.124 e. The van der Waals surface area contributed by atoms with Crippen molar-refractivity contribution >= 4 is 0 Å². The molecule has 0 bridgehead atoms. The van der Waals surface area contributed by atoms with Crippen LogP contribution in [-0.4, -0.2) is 22.7 Å². The molecule has 0 aliphatic heterocycles. The van der Waals surface area contributed by atoms with Gasteiger partial charge in [0.2, 0.25) is 0 Å². The van der Waals surface area contributed by atoms with Crippen molar-refractivity contribution in [1.29, 1.82) is 0 Å². The number of para-hydroxylation sites is 1. The highest BCUT2D eigenvalue weighted by Crippen LogP contribution is 2.27. The average Bonchev–Trinajstić information content (AvgIpc) is 2.95. The molecule has 0 saturated carbocycles. The summed E-state index contributed by atoms with van der Waals surface area (Å²) in [6.07, 6.45) is 4.77. The van der Waals surface area contributed by atoms with Crippen LogP contribution in [0.15, 0.2) is 36.7 Å². The molecule has 0 aliphatic rings. The van der Waals surface area contributed by atoms with E-state index in [0.29, 0.717) is 6.61 Å². The topological polar surface area (TPSA) is 39.1 Å². The second-order valence-corrected chi connectivity index (χ2v) is 4.91. The van der Waals surface area contributed by atoms with Crippen LogP contribution < -0.4 is 10.1 Å². The maximum absolute atomic E-state index is 5.77. The SMILES string of the molecule is CCNC(Cc1nccn1CC)c1ccccc1OCC. The van der Waals surface area contributed by atoms with Crippen LogP contribution in [0.2, 0.25) is 0 Å². The first-order chi connectivity index (χ1) is 10.3. The predicted octanol–water partition coefficient (Wildman–Crippen LogP) is 3.20. The Morgan fingerprint density at radius 1 is 1.24 bits per heavy atom. The summed E-state index contributed by atoms with van der Waals surface area (Å²) in [5.74, 6) is 2.07. The molecular weight excluding hydrogens is 262 g/mol. The number of aromatic nitrogens is 2. The highest BCUT2D eigenvalue weighted by Gasteiger charge is 2.17. The van der Waals surface area contributed by atoms with E-state index in [1.165, 1.54) is 5.56 Å². The standard InChI is InChI=1S/C17H25N3O/c1-4-18-15(13-17-19-11-12-20(17)5-2)14-9-7-8-10-16(14)21-6-3/h7-12,15,18H,4-6,13H2,1-3H3. The van der Waals surface area contributed by atoms with E-state index in [0.717, 1.165) is 31.1 Å². The lowest BCUT2D eigenvalue weighted by Crippen LogP contribution is -2.25. The number of ether oxygens (including phenoxy) is 1. The summed E-state index contributed by atoms with van der Waals surface area (Å²) in [6, 6.07) is 8.47. The molecule has 0 radical (unpaired) electrons. The number of likely N-dealkylation sites (N-methyl/N-ethyl adjacent to an activating group) is 1. The number of imidazole rings is 1. The summed E-state index contributed by atoms with van der Waals surface area (Å²) in [5, 5.41) is 3.55. The Balaban J connectivity index is 2.26. The number of benzene rings is 1. The molecule has 4 nitrogen and oxygen atoms in total. The summed E-state index contributed by atoms with van der Waals surface area (Å²) in [5.41, 5.74) is 1.20. The minimum absolute atomic E-state index is 0.213. The second kappa shape index (κ2) is 7.84. The zero-order chi connectivity index (χ0) is 15.1. The highest BCUT2D eigenvalue weighted by atomic mass is 16.5. The number of hydrogen-bond donors (Lipinski definition) is 1. The van der Waals surface area contributed by atoms with E-state index < -0.39 is 0 Å². The van der Waals surface area contributed by atoms with E-state index in [2.05, 4.69) is 40.8 Å². The van der Waals surface area contributed by atoms with E-state index in [9.17, 15) is 0 Å². The van der Waals surface area contributed by atoms with E-state index >= 15 is 0 Å². The first kappa shape index (κ1) is 15.6. The summed E-state index contributed by atoms with van der Waals surface area (Å²) in [4.78, 5) is 4.49. The van der Waals surface area contributed by atoms with E-state index in [4.69, 9.17) is 4.74 Å². The molecule has 0 amide bonds. The van der Waals surface area contributed by atoms with Gasteiger partial charge < -0.3 is 14.6 Å². The lowest BCUT2D eigenvalue weighted by atomic mass is 10.0. The van der Waals surface area contributed by atoms with Crippen LogP contribution in [0.25, 0.3) is 0 Å². The highest BCUT2D eigenvalue weighted by molar-refractivity contribution is 5.36. The Bertz CT molecular complexity index is 550. The predicted molar refractivity (Wildman–Crippen MR) is 85.6 cm³/mol. The van der Waals surface area contributed by atoms with Crippen molar-refractivity contribution in [3.63, 3.8) is 0 Å². The number of aryl methyl sites for hydroxylation is 1. The minimum Gasteiger partial charge on any atom is -0.494 e. The van der Waals surface area contributed by atoms with Crippen LogP contribution in [0.5, 0.6) is 5.75 Å². The zero-order valence-electron chi connectivity index (χ0n) is 13.2. The summed E-state index contributed by atoms with van der Waals surface area (Å²) >= 11 is 0. The van der Waals surface area contributed by atoms with Crippen LogP contribution in [0.1, 0.15) is 38.2 Å². The van der Waals surface area contributed by atoms with Crippen molar-refractivity contribution in [3.05, 3.63) is 48.0 Å².